The molecule has 0 saturated carbocycles. The SMILES string of the molecule is Cc1ccc(-c2c(C)nc(N)c(C)c2C(C)OC(C)(C)C)cc1C.O=CO. The molecule has 0 saturated heterocycles. The molecule has 0 bridgehead atoms. The molecule has 2 rings (SSSR count). The molecule has 0 aliphatic rings. The minimum Gasteiger partial charge on any atom is -0.483 e. The third kappa shape index (κ3) is 5.79. The van der Waals surface area contributed by atoms with Crippen LogP contribution in [0.1, 0.15) is 61.7 Å². The minimum atomic E-state index is -0.250. The van der Waals surface area contributed by atoms with Gasteiger partial charge in [0.2, 0.25) is 0 Å². The zero-order valence-electron chi connectivity index (χ0n) is 17.7. The van der Waals surface area contributed by atoms with E-state index >= 15 is 0 Å². The van der Waals surface area contributed by atoms with Gasteiger partial charge in [0.05, 0.1) is 11.7 Å². The Hall–Kier alpha value is -2.40. The Bertz CT molecular complexity index is 808. The van der Waals surface area contributed by atoms with Crippen LogP contribution in [-0.2, 0) is 9.53 Å². The first-order chi connectivity index (χ1) is 12.4. The quantitative estimate of drug-likeness (QED) is 0.729. The van der Waals surface area contributed by atoms with E-state index in [4.69, 9.17) is 20.4 Å². The van der Waals surface area contributed by atoms with Gasteiger partial charge in [-0.1, -0.05) is 18.2 Å². The van der Waals surface area contributed by atoms with Crippen molar-refractivity contribution < 1.29 is 14.6 Å². The van der Waals surface area contributed by atoms with Crippen LogP contribution in [0.3, 0.4) is 0 Å². The molecule has 1 aromatic heterocycles. The topological polar surface area (TPSA) is 85.4 Å². The molecule has 0 radical (unpaired) electrons. The van der Waals surface area contributed by atoms with Crippen LogP contribution in [0.2, 0.25) is 0 Å². The Labute approximate surface area is 162 Å². The Morgan fingerprint density at radius 1 is 1.15 bits per heavy atom. The summed E-state index contributed by atoms with van der Waals surface area (Å²) in [6.07, 6.45) is -0.0643. The van der Waals surface area contributed by atoms with Crippen molar-refractivity contribution in [1.29, 1.82) is 0 Å². The number of ether oxygens (including phenoxy) is 1. The van der Waals surface area contributed by atoms with Gasteiger partial charge in [0, 0.05) is 11.3 Å². The number of benzene rings is 1. The molecule has 3 N–H and O–H groups in total. The predicted octanol–water partition coefficient (Wildman–Crippen LogP) is 5.14. The van der Waals surface area contributed by atoms with Crippen LogP contribution in [0.4, 0.5) is 5.82 Å². The molecule has 1 unspecified atom stereocenters. The molecule has 0 fully saturated rings. The number of pyridine rings is 1. The highest BCUT2D eigenvalue weighted by Crippen LogP contribution is 2.38. The average Bonchev–Trinajstić information content (AvgIpc) is 2.52. The van der Waals surface area contributed by atoms with Gasteiger partial charge in [0.1, 0.15) is 5.82 Å². The van der Waals surface area contributed by atoms with Gasteiger partial charge in [-0.15, -0.1) is 0 Å². The minimum absolute atomic E-state index is 0.0643. The molecule has 5 heteroatoms. The lowest BCUT2D eigenvalue weighted by molar-refractivity contribution is -0.122. The van der Waals surface area contributed by atoms with Gasteiger partial charge in [-0.3, -0.25) is 4.79 Å². The summed E-state index contributed by atoms with van der Waals surface area (Å²) in [6.45, 7) is 16.4. The van der Waals surface area contributed by atoms with E-state index < -0.39 is 0 Å². The summed E-state index contributed by atoms with van der Waals surface area (Å²) in [4.78, 5) is 12.9. The van der Waals surface area contributed by atoms with Crippen molar-refractivity contribution >= 4 is 12.3 Å². The summed E-state index contributed by atoms with van der Waals surface area (Å²) in [6, 6.07) is 6.55. The number of nitrogen functional groups attached to an aromatic ring is 1. The van der Waals surface area contributed by atoms with Gasteiger partial charge in [-0.05, 0) is 83.2 Å². The highest BCUT2D eigenvalue weighted by atomic mass is 16.5. The van der Waals surface area contributed by atoms with Crippen molar-refractivity contribution in [3.05, 3.63) is 46.1 Å². The number of aromatic nitrogens is 1. The fourth-order valence-electron chi connectivity index (χ4n) is 3.20. The van der Waals surface area contributed by atoms with Crippen molar-refractivity contribution in [2.24, 2.45) is 0 Å². The van der Waals surface area contributed by atoms with Crippen molar-refractivity contribution in [2.45, 2.75) is 67.1 Å². The van der Waals surface area contributed by atoms with Gasteiger partial charge in [-0.2, -0.15) is 0 Å². The molecular formula is C22H32N2O3. The molecule has 1 aromatic carbocycles. The van der Waals surface area contributed by atoms with Crippen LogP contribution < -0.4 is 5.73 Å². The fourth-order valence-corrected chi connectivity index (χ4v) is 3.20. The van der Waals surface area contributed by atoms with Gasteiger partial charge < -0.3 is 15.6 Å². The molecule has 1 atom stereocenters. The summed E-state index contributed by atoms with van der Waals surface area (Å²) < 4.78 is 6.25. The second kappa shape index (κ2) is 9.00. The molecule has 0 amide bonds. The van der Waals surface area contributed by atoms with E-state index in [9.17, 15) is 0 Å². The molecule has 27 heavy (non-hydrogen) atoms. The van der Waals surface area contributed by atoms with Gasteiger partial charge in [0.25, 0.3) is 6.47 Å². The fraction of sp³-hybridized carbons (Fsp3) is 0.455. The number of hydrogen-bond acceptors (Lipinski definition) is 4. The van der Waals surface area contributed by atoms with E-state index in [1.54, 1.807) is 0 Å². The third-order valence-corrected chi connectivity index (χ3v) is 4.44. The van der Waals surface area contributed by atoms with Gasteiger partial charge in [0.15, 0.2) is 0 Å². The number of carboxylic acid groups (broad SMARTS) is 1. The zero-order chi connectivity index (χ0) is 20.9. The van der Waals surface area contributed by atoms with Gasteiger partial charge in [-0.25, -0.2) is 4.98 Å². The number of carbonyl (C=O) groups is 1. The van der Waals surface area contributed by atoms with E-state index in [1.165, 1.54) is 16.7 Å². The monoisotopic (exact) mass is 372 g/mol. The normalized spacial score (nSPS) is 12.1. The molecule has 0 aliphatic carbocycles. The largest absolute Gasteiger partial charge is 0.483 e. The molecule has 2 aromatic rings. The Morgan fingerprint density at radius 2 is 1.70 bits per heavy atom. The van der Waals surface area contributed by atoms with E-state index in [-0.39, 0.29) is 18.2 Å². The predicted molar refractivity (Wildman–Crippen MR) is 111 cm³/mol. The Morgan fingerprint density at radius 3 is 2.19 bits per heavy atom. The van der Waals surface area contributed by atoms with Crippen molar-refractivity contribution in [3.63, 3.8) is 0 Å². The van der Waals surface area contributed by atoms with E-state index in [0.717, 1.165) is 22.4 Å². The zero-order valence-corrected chi connectivity index (χ0v) is 17.7. The maximum Gasteiger partial charge on any atom is 0.290 e. The number of rotatable bonds is 3. The van der Waals surface area contributed by atoms with Crippen LogP contribution in [0, 0.1) is 27.7 Å². The molecule has 5 nitrogen and oxygen atoms in total. The number of nitrogens with two attached hydrogens (primary N) is 1. The first-order valence-corrected chi connectivity index (χ1v) is 9.02. The van der Waals surface area contributed by atoms with Crippen molar-refractivity contribution in [1.82, 2.24) is 4.98 Å². The van der Waals surface area contributed by atoms with E-state index in [2.05, 4.69) is 64.7 Å². The molecular weight excluding hydrogens is 340 g/mol. The van der Waals surface area contributed by atoms with E-state index in [1.807, 2.05) is 13.8 Å². The highest BCUT2D eigenvalue weighted by Gasteiger charge is 2.24. The standard InChI is InChI=1S/C21H30N2O.CH2O2/c1-12-9-10-17(11-13(12)2)19-15(4)23-20(22)14(3)18(19)16(5)24-21(6,7)8;2-1-3/h9-11,16H,1-8H3,(H2,22,23);1H,(H,2,3). The van der Waals surface area contributed by atoms with E-state index in [0.29, 0.717) is 5.82 Å². The van der Waals surface area contributed by atoms with Crippen LogP contribution in [0.5, 0.6) is 0 Å². The molecule has 0 spiro atoms. The summed E-state index contributed by atoms with van der Waals surface area (Å²) in [5, 5.41) is 6.89. The van der Waals surface area contributed by atoms with Crippen LogP contribution in [-0.4, -0.2) is 22.2 Å². The van der Waals surface area contributed by atoms with Crippen molar-refractivity contribution in [3.8, 4) is 11.1 Å². The number of hydrogen-bond donors (Lipinski definition) is 2. The third-order valence-electron chi connectivity index (χ3n) is 4.44. The second-order valence-corrected chi connectivity index (χ2v) is 7.77. The Balaban J connectivity index is 0.00000114. The van der Waals surface area contributed by atoms with Crippen LogP contribution in [0.15, 0.2) is 18.2 Å². The number of nitrogens with zero attached hydrogens (tertiary/aromatic N) is 1. The number of anilines is 1. The van der Waals surface area contributed by atoms with Crippen molar-refractivity contribution in [2.75, 3.05) is 5.73 Å². The lowest BCUT2D eigenvalue weighted by atomic mass is 9.90. The highest BCUT2D eigenvalue weighted by molar-refractivity contribution is 5.74. The summed E-state index contributed by atoms with van der Waals surface area (Å²) >= 11 is 0. The maximum atomic E-state index is 8.36. The molecule has 0 aliphatic heterocycles. The molecule has 148 valence electrons. The summed E-state index contributed by atoms with van der Waals surface area (Å²) in [7, 11) is 0. The summed E-state index contributed by atoms with van der Waals surface area (Å²) in [5.41, 5.74) is 13.9. The lowest BCUT2D eigenvalue weighted by Gasteiger charge is -2.29. The average molecular weight is 373 g/mol. The molecule has 1 heterocycles. The Kier molecular flexibility index (Phi) is 7.55. The first kappa shape index (κ1) is 22.6. The first-order valence-electron chi connectivity index (χ1n) is 9.02. The smallest absolute Gasteiger partial charge is 0.290 e. The van der Waals surface area contributed by atoms with Crippen LogP contribution in [0.25, 0.3) is 11.1 Å². The second-order valence-electron chi connectivity index (χ2n) is 7.77. The number of aryl methyl sites for hydroxylation is 3. The lowest BCUT2D eigenvalue weighted by Crippen LogP contribution is -2.22. The van der Waals surface area contributed by atoms with Gasteiger partial charge >= 0.3 is 0 Å². The summed E-state index contributed by atoms with van der Waals surface area (Å²) in [5.74, 6) is 0.583. The maximum absolute atomic E-state index is 8.36. The van der Waals surface area contributed by atoms with Crippen LogP contribution >= 0.6 is 0 Å².